The van der Waals surface area contributed by atoms with E-state index in [-0.39, 0.29) is 48.6 Å². The molecule has 1 aromatic rings. The van der Waals surface area contributed by atoms with Crippen LogP contribution in [0.4, 0.5) is 24.5 Å². The van der Waals surface area contributed by atoms with Gasteiger partial charge in [-0.3, -0.25) is 19.7 Å². The fraction of sp³-hybridized carbons (Fsp3) is 0.579. The first-order valence-electron chi connectivity index (χ1n) is 9.87. The zero-order valence-electron chi connectivity index (χ0n) is 16.7. The summed E-state index contributed by atoms with van der Waals surface area (Å²) in [5.41, 5.74) is -1.59. The summed E-state index contributed by atoms with van der Waals surface area (Å²) in [6, 6.07) is 1.97. The van der Waals surface area contributed by atoms with Crippen molar-refractivity contribution in [2.75, 3.05) is 36.8 Å². The number of anilines is 1. The Labute approximate surface area is 180 Å². The van der Waals surface area contributed by atoms with E-state index in [9.17, 15) is 32.9 Å². The molecule has 1 aromatic carbocycles. The van der Waals surface area contributed by atoms with Crippen molar-refractivity contribution in [1.29, 1.82) is 0 Å². The molecule has 12 heteroatoms. The van der Waals surface area contributed by atoms with E-state index in [2.05, 4.69) is 0 Å². The van der Waals surface area contributed by atoms with Crippen molar-refractivity contribution >= 4 is 35.0 Å². The number of alkyl halides is 3. The number of halogens is 3. The lowest BCUT2D eigenvalue weighted by molar-refractivity contribution is -0.384. The molecule has 0 saturated carbocycles. The van der Waals surface area contributed by atoms with Gasteiger partial charge in [-0.1, -0.05) is 0 Å². The SMILES string of the molecule is C[C@]12CCC(=O)N1[C@H](C(=O)N1CCN(c3ccc(C(F)(F)F)cc3[N+](=O)[O-])CC1)CS2. The third-order valence-electron chi connectivity index (χ3n) is 6.16. The number of piperazine rings is 1. The molecule has 2 atom stereocenters. The fourth-order valence-corrected chi connectivity index (χ4v) is 5.92. The summed E-state index contributed by atoms with van der Waals surface area (Å²) in [6.45, 7) is 3.03. The Morgan fingerprint density at radius 2 is 1.94 bits per heavy atom. The zero-order valence-corrected chi connectivity index (χ0v) is 17.5. The van der Waals surface area contributed by atoms with Gasteiger partial charge in [0.1, 0.15) is 11.7 Å². The van der Waals surface area contributed by atoms with E-state index in [0.29, 0.717) is 24.7 Å². The maximum absolute atomic E-state index is 13.1. The molecule has 3 aliphatic rings. The van der Waals surface area contributed by atoms with Crippen LogP contribution in [0.5, 0.6) is 0 Å². The van der Waals surface area contributed by atoms with Crippen LogP contribution >= 0.6 is 11.8 Å². The van der Waals surface area contributed by atoms with Gasteiger partial charge in [-0.2, -0.15) is 13.2 Å². The quantitative estimate of drug-likeness (QED) is 0.511. The van der Waals surface area contributed by atoms with Gasteiger partial charge in [0.25, 0.3) is 5.69 Å². The molecule has 0 aromatic heterocycles. The van der Waals surface area contributed by atoms with Gasteiger partial charge in [0, 0.05) is 44.4 Å². The molecule has 0 N–H and O–H groups in total. The Balaban J connectivity index is 1.46. The molecule has 0 unspecified atom stereocenters. The number of thioether (sulfide) groups is 1. The number of fused-ring (bicyclic) bond motifs is 1. The molecule has 0 spiro atoms. The molecule has 8 nitrogen and oxygen atoms in total. The van der Waals surface area contributed by atoms with E-state index in [4.69, 9.17) is 0 Å². The summed E-state index contributed by atoms with van der Waals surface area (Å²) in [5, 5.41) is 11.4. The van der Waals surface area contributed by atoms with Gasteiger partial charge < -0.3 is 14.7 Å². The molecule has 3 heterocycles. The molecule has 168 valence electrons. The average molecular weight is 458 g/mol. The molecule has 0 bridgehead atoms. The third-order valence-corrected chi connectivity index (χ3v) is 7.67. The summed E-state index contributed by atoms with van der Waals surface area (Å²) in [7, 11) is 0. The minimum atomic E-state index is -4.67. The molecule has 0 radical (unpaired) electrons. The second-order valence-corrected chi connectivity index (χ2v) is 9.54. The van der Waals surface area contributed by atoms with Crippen LogP contribution in [0.15, 0.2) is 18.2 Å². The first kappa shape index (κ1) is 21.7. The number of benzene rings is 1. The highest BCUT2D eigenvalue weighted by Gasteiger charge is 2.53. The van der Waals surface area contributed by atoms with Gasteiger partial charge in [-0.25, -0.2) is 0 Å². The maximum atomic E-state index is 13.1. The van der Waals surface area contributed by atoms with Crippen LogP contribution in [0.3, 0.4) is 0 Å². The monoisotopic (exact) mass is 458 g/mol. The first-order valence-corrected chi connectivity index (χ1v) is 10.9. The van der Waals surface area contributed by atoms with Crippen LogP contribution in [0.25, 0.3) is 0 Å². The topological polar surface area (TPSA) is 87.0 Å². The normalized spacial score (nSPS) is 26.4. The highest BCUT2D eigenvalue weighted by Crippen LogP contribution is 2.47. The van der Waals surface area contributed by atoms with Crippen molar-refractivity contribution in [1.82, 2.24) is 9.80 Å². The molecular formula is C19H21F3N4O4S. The average Bonchev–Trinajstić information content (AvgIpc) is 3.22. The maximum Gasteiger partial charge on any atom is 0.416 e. The van der Waals surface area contributed by atoms with Crippen molar-refractivity contribution in [3.05, 3.63) is 33.9 Å². The Hall–Kier alpha value is -2.50. The number of carbonyl (C=O) groups excluding carboxylic acids is 2. The number of carbonyl (C=O) groups is 2. The lowest BCUT2D eigenvalue weighted by Crippen LogP contribution is -2.56. The fourth-order valence-electron chi connectivity index (χ4n) is 4.50. The van der Waals surface area contributed by atoms with Crippen LogP contribution in [0, 0.1) is 10.1 Å². The number of hydrogen-bond acceptors (Lipinski definition) is 6. The Morgan fingerprint density at radius 3 is 2.55 bits per heavy atom. The minimum absolute atomic E-state index is 0.0233. The van der Waals surface area contributed by atoms with Gasteiger partial charge in [0.15, 0.2) is 0 Å². The zero-order chi connectivity index (χ0) is 22.6. The summed E-state index contributed by atoms with van der Waals surface area (Å²) >= 11 is 1.61. The number of nitrogens with zero attached hydrogens (tertiary/aromatic N) is 4. The number of nitro benzene ring substituents is 1. The summed E-state index contributed by atoms with van der Waals surface area (Å²) < 4.78 is 38.8. The van der Waals surface area contributed by atoms with E-state index in [1.165, 1.54) is 0 Å². The van der Waals surface area contributed by atoms with Crippen molar-refractivity contribution < 1.29 is 27.7 Å². The van der Waals surface area contributed by atoms with E-state index < -0.39 is 28.4 Å². The van der Waals surface area contributed by atoms with Crippen molar-refractivity contribution in [2.24, 2.45) is 0 Å². The lowest BCUT2D eigenvalue weighted by Gasteiger charge is -2.38. The van der Waals surface area contributed by atoms with Crippen molar-refractivity contribution in [2.45, 2.75) is 36.9 Å². The van der Waals surface area contributed by atoms with Gasteiger partial charge in [0.2, 0.25) is 11.8 Å². The Kier molecular flexibility index (Phi) is 5.31. The van der Waals surface area contributed by atoms with Crippen LogP contribution in [0.1, 0.15) is 25.3 Å². The Bertz CT molecular complexity index is 935. The number of rotatable bonds is 3. The molecule has 3 fully saturated rings. The molecule has 2 amide bonds. The van der Waals surface area contributed by atoms with E-state index in [1.54, 1.807) is 26.5 Å². The van der Waals surface area contributed by atoms with E-state index in [0.717, 1.165) is 12.1 Å². The molecule has 0 aliphatic carbocycles. The molecule has 3 saturated heterocycles. The Morgan fingerprint density at radius 1 is 1.26 bits per heavy atom. The van der Waals surface area contributed by atoms with Crippen LogP contribution in [-0.2, 0) is 15.8 Å². The van der Waals surface area contributed by atoms with Crippen LogP contribution < -0.4 is 4.90 Å². The summed E-state index contributed by atoms with van der Waals surface area (Å²) in [4.78, 5) is 40.5. The largest absolute Gasteiger partial charge is 0.416 e. The van der Waals surface area contributed by atoms with E-state index in [1.807, 2.05) is 6.92 Å². The highest BCUT2D eigenvalue weighted by atomic mass is 32.2. The van der Waals surface area contributed by atoms with Crippen LogP contribution in [-0.4, -0.2) is 69.4 Å². The standard InChI is InChI=1S/C19H21F3N4O4S/c1-18-5-4-16(27)25(18)15(11-31-18)17(28)24-8-6-23(7-9-24)13-3-2-12(19(20,21)22)10-14(13)26(29)30/h2-3,10,15H,4-9,11H2,1H3/t15-,18-/m0/s1. The van der Waals surface area contributed by atoms with Gasteiger partial charge in [-0.15, -0.1) is 11.8 Å². The van der Waals surface area contributed by atoms with E-state index >= 15 is 0 Å². The molecule has 4 rings (SSSR count). The number of amides is 2. The predicted octanol–water partition coefficient (Wildman–Crippen LogP) is 2.72. The smallest absolute Gasteiger partial charge is 0.362 e. The number of nitro groups is 1. The molecule has 3 aliphatic heterocycles. The van der Waals surface area contributed by atoms with Gasteiger partial charge in [0.05, 0.1) is 15.4 Å². The van der Waals surface area contributed by atoms with Crippen molar-refractivity contribution in [3.63, 3.8) is 0 Å². The predicted molar refractivity (Wildman–Crippen MR) is 108 cm³/mol. The third kappa shape index (κ3) is 3.81. The molecule has 31 heavy (non-hydrogen) atoms. The van der Waals surface area contributed by atoms with Gasteiger partial charge >= 0.3 is 6.18 Å². The first-order chi connectivity index (χ1) is 14.5. The van der Waals surface area contributed by atoms with Crippen LogP contribution in [0.2, 0.25) is 0 Å². The second-order valence-electron chi connectivity index (χ2n) is 8.04. The second kappa shape index (κ2) is 7.57. The highest BCUT2D eigenvalue weighted by molar-refractivity contribution is 8.01. The summed E-state index contributed by atoms with van der Waals surface area (Å²) in [6.07, 6.45) is -3.53. The van der Waals surface area contributed by atoms with Gasteiger partial charge in [-0.05, 0) is 25.5 Å². The summed E-state index contributed by atoms with van der Waals surface area (Å²) in [5.74, 6) is 0.365. The van der Waals surface area contributed by atoms with Crippen molar-refractivity contribution in [3.8, 4) is 0 Å². The molecular weight excluding hydrogens is 437 g/mol. The lowest BCUT2D eigenvalue weighted by atomic mass is 10.1. The number of hydrogen-bond donors (Lipinski definition) is 0. The minimum Gasteiger partial charge on any atom is -0.362 e.